The molecule has 0 radical (unpaired) electrons. The summed E-state index contributed by atoms with van der Waals surface area (Å²) in [6.45, 7) is 5.36. The average Bonchev–Trinajstić information content (AvgIpc) is 2.39. The highest BCUT2D eigenvalue weighted by atomic mass is 32.1. The van der Waals surface area contributed by atoms with Gasteiger partial charge in [-0.15, -0.1) is 5.10 Å². The van der Waals surface area contributed by atoms with Crippen LogP contribution in [0, 0.1) is 5.41 Å². The summed E-state index contributed by atoms with van der Waals surface area (Å²) in [6.07, 6.45) is 1.66. The molecule has 1 aromatic heterocycles. The Labute approximate surface area is 76.0 Å². The first-order chi connectivity index (χ1) is 5.44. The zero-order chi connectivity index (χ0) is 9.61. The molecule has 0 aliphatic rings. The lowest BCUT2D eigenvalue weighted by molar-refractivity contribution is -0.125. The van der Waals surface area contributed by atoms with Gasteiger partial charge in [0.2, 0.25) is 5.91 Å². The van der Waals surface area contributed by atoms with Crippen LogP contribution in [0.25, 0.3) is 0 Å². The first-order valence-corrected chi connectivity index (χ1v) is 4.29. The highest BCUT2D eigenvalue weighted by Crippen LogP contribution is 2.09. The molecule has 0 aliphatic heterocycles. The van der Waals surface area contributed by atoms with Gasteiger partial charge in [0.15, 0.2) is 0 Å². The molecule has 1 aromatic rings. The lowest BCUT2D eigenvalue weighted by Gasteiger charge is -2.10. The largest absolute Gasteiger partial charge is 0.369 e. The van der Waals surface area contributed by atoms with Crippen molar-refractivity contribution in [2.75, 3.05) is 0 Å². The van der Waals surface area contributed by atoms with E-state index in [2.05, 4.69) is 9.59 Å². The minimum atomic E-state index is -0.361. The maximum atomic E-state index is 10.2. The second kappa shape index (κ2) is 4.82. The average molecular weight is 187 g/mol. The first-order valence-electron chi connectivity index (χ1n) is 3.45. The molecule has 0 aromatic carbocycles. The number of hydrogen-bond donors (Lipinski definition) is 1. The SMILES string of the molecule is CC(C)(C)C(N)=O.c1csnn1. The van der Waals surface area contributed by atoms with Gasteiger partial charge in [0, 0.05) is 10.8 Å². The number of primary amides is 1. The number of carbonyl (C=O) groups excluding carboxylic acids is 1. The molecule has 0 saturated carbocycles. The summed E-state index contributed by atoms with van der Waals surface area (Å²) in [5.41, 5.74) is 4.57. The van der Waals surface area contributed by atoms with Gasteiger partial charge < -0.3 is 5.73 Å². The van der Waals surface area contributed by atoms with E-state index in [9.17, 15) is 4.79 Å². The molecule has 1 amide bonds. The highest BCUT2D eigenvalue weighted by Gasteiger charge is 2.16. The molecule has 1 heterocycles. The Morgan fingerprint density at radius 3 is 2.08 bits per heavy atom. The van der Waals surface area contributed by atoms with Crippen LogP contribution in [0.1, 0.15) is 20.8 Å². The van der Waals surface area contributed by atoms with Crippen LogP contribution in [0.5, 0.6) is 0 Å². The van der Waals surface area contributed by atoms with E-state index in [0.717, 1.165) is 0 Å². The predicted octanol–water partition coefficient (Wildman–Crippen LogP) is 1.06. The van der Waals surface area contributed by atoms with Crippen molar-refractivity contribution in [3.63, 3.8) is 0 Å². The van der Waals surface area contributed by atoms with Crippen LogP contribution in [-0.4, -0.2) is 15.5 Å². The van der Waals surface area contributed by atoms with Crippen LogP contribution in [0.3, 0.4) is 0 Å². The molecule has 12 heavy (non-hydrogen) atoms. The molecule has 0 bridgehead atoms. The van der Waals surface area contributed by atoms with Gasteiger partial charge in [-0.3, -0.25) is 4.79 Å². The van der Waals surface area contributed by atoms with Crippen molar-refractivity contribution in [1.82, 2.24) is 9.59 Å². The fraction of sp³-hybridized carbons (Fsp3) is 0.571. The third-order valence-electron chi connectivity index (χ3n) is 1.02. The zero-order valence-electron chi connectivity index (χ0n) is 7.44. The van der Waals surface area contributed by atoms with Crippen molar-refractivity contribution >= 4 is 17.4 Å². The lowest BCUT2D eigenvalue weighted by atomic mass is 9.96. The number of amides is 1. The molecule has 4 nitrogen and oxygen atoms in total. The highest BCUT2D eigenvalue weighted by molar-refractivity contribution is 7.03. The van der Waals surface area contributed by atoms with E-state index < -0.39 is 0 Å². The summed E-state index contributed by atoms with van der Waals surface area (Å²) in [6, 6.07) is 0. The van der Waals surface area contributed by atoms with Crippen molar-refractivity contribution in [2.24, 2.45) is 11.1 Å². The van der Waals surface area contributed by atoms with Crippen LogP contribution in [0.15, 0.2) is 11.6 Å². The van der Waals surface area contributed by atoms with Gasteiger partial charge >= 0.3 is 0 Å². The van der Waals surface area contributed by atoms with Crippen LogP contribution in [0.2, 0.25) is 0 Å². The molecule has 68 valence electrons. The zero-order valence-corrected chi connectivity index (χ0v) is 8.26. The molecule has 0 unspecified atom stereocenters. The predicted molar refractivity (Wildman–Crippen MR) is 48.6 cm³/mol. The van der Waals surface area contributed by atoms with E-state index in [1.165, 1.54) is 11.5 Å². The lowest BCUT2D eigenvalue weighted by Crippen LogP contribution is -2.27. The quantitative estimate of drug-likeness (QED) is 0.660. The summed E-state index contributed by atoms with van der Waals surface area (Å²) in [5, 5.41) is 5.31. The molecule has 0 fully saturated rings. The van der Waals surface area contributed by atoms with Gasteiger partial charge in [-0.2, -0.15) is 0 Å². The van der Waals surface area contributed by atoms with Gasteiger partial charge in [0.1, 0.15) is 0 Å². The number of nitrogens with zero attached hydrogens (tertiary/aromatic N) is 2. The van der Waals surface area contributed by atoms with Crippen molar-refractivity contribution in [1.29, 1.82) is 0 Å². The topological polar surface area (TPSA) is 68.9 Å². The third-order valence-corrected chi connectivity index (χ3v) is 1.45. The van der Waals surface area contributed by atoms with E-state index in [-0.39, 0.29) is 11.3 Å². The first kappa shape index (κ1) is 11.0. The third kappa shape index (κ3) is 5.79. The summed E-state index contributed by atoms with van der Waals surface area (Å²) in [5.74, 6) is -0.257. The Kier molecular flexibility index (Phi) is 4.43. The molecule has 0 atom stereocenters. The number of rotatable bonds is 0. The number of hydrogen-bond acceptors (Lipinski definition) is 4. The molecule has 0 saturated heterocycles. The maximum Gasteiger partial charge on any atom is 0.222 e. The Bertz CT molecular complexity index is 198. The summed E-state index contributed by atoms with van der Waals surface area (Å²) in [7, 11) is 0. The fourth-order valence-corrected chi connectivity index (χ4v) is 0.408. The smallest absolute Gasteiger partial charge is 0.222 e. The van der Waals surface area contributed by atoms with Crippen molar-refractivity contribution in [3.8, 4) is 0 Å². The molecular weight excluding hydrogens is 174 g/mol. The maximum absolute atomic E-state index is 10.2. The molecule has 2 N–H and O–H groups in total. The van der Waals surface area contributed by atoms with E-state index in [1.807, 2.05) is 5.38 Å². The van der Waals surface area contributed by atoms with E-state index in [4.69, 9.17) is 5.73 Å². The van der Waals surface area contributed by atoms with Gasteiger partial charge in [0.05, 0.1) is 6.20 Å². The molecule has 0 aliphatic carbocycles. The Morgan fingerprint density at radius 2 is 2.00 bits per heavy atom. The van der Waals surface area contributed by atoms with Gasteiger partial charge in [-0.1, -0.05) is 25.3 Å². The minimum Gasteiger partial charge on any atom is -0.369 e. The number of nitrogens with two attached hydrogens (primary N) is 1. The van der Waals surface area contributed by atoms with Gasteiger partial charge in [0.25, 0.3) is 0 Å². The van der Waals surface area contributed by atoms with Crippen molar-refractivity contribution in [2.45, 2.75) is 20.8 Å². The Hall–Kier alpha value is -0.970. The van der Waals surface area contributed by atoms with E-state index >= 15 is 0 Å². The second-order valence-corrected chi connectivity index (χ2v) is 3.85. The summed E-state index contributed by atoms with van der Waals surface area (Å²) < 4.78 is 3.51. The van der Waals surface area contributed by atoms with Crippen LogP contribution >= 0.6 is 11.5 Å². The normalized spacial score (nSPS) is 9.92. The van der Waals surface area contributed by atoms with Gasteiger partial charge in [-0.25, -0.2) is 0 Å². The number of carbonyl (C=O) groups is 1. The van der Waals surface area contributed by atoms with Crippen LogP contribution in [-0.2, 0) is 4.79 Å². The summed E-state index contributed by atoms with van der Waals surface area (Å²) >= 11 is 1.35. The minimum absolute atomic E-state index is 0.257. The Balaban J connectivity index is 0.000000211. The number of aromatic nitrogens is 2. The summed E-state index contributed by atoms with van der Waals surface area (Å²) in [4.78, 5) is 10.2. The van der Waals surface area contributed by atoms with Crippen LogP contribution < -0.4 is 5.73 Å². The Morgan fingerprint density at radius 1 is 1.50 bits per heavy atom. The second-order valence-electron chi connectivity index (χ2n) is 3.20. The standard InChI is InChI=1S/C5H11NO.C2H2N2S/c1-5(2,3)4(6)7;1-2-5-4-3-1/h1-3H3,(H2,6,7);1-2H. The van der Waals surface area contributed by atoms with Crippen molar-refractivity contribution in [3.05, 3.63) is 11.6 Å². The molecule has 0 spiro atoms. The van der Waals surface area contributed by atoms with E-state index in [0.29, 0.717) is 0 Å². The van der Waals surface area contributed by atoms with Gasteiger partial charge in [-0.05, 0) is 11.5 Å². The van der Waals surface area contributed by atoms with Crippen LogP contribution in [0.4, 0.5) is 0 Å². The van der Waals surface area contributed by atoms with Crippen molar-refractivity contribution < 1.29 is 4.79 Å². The molecular formula is C7H13N3OS. The van der Waals surface area contributed by atoms with E-state index in [1.54, 1.807) is 27.0 Å². The monoisotopic (exact) mass is 187 g/mol. The molecule has 1 rings (SSSR count). The molecule has 5 heteroatoms. The fourth-order valence-electron chi connectivity index (χ4n) is 0.136.